The van der Waals surface area contributed by atoms with Gasteiger partial charge in [-0.25, -0.2) is 9.37 Å². The third-order valence-corrected chi connectivity index (χ3v) is 4.67. The van der Waals surface area contributed by atoms with Crippen LogP contribution in [0.3, 0.4) is 0 Å². The first-order chi connectivity index (χ1) is 13.6. The van der Waals surface area contributed by atoms with Crippen LogP contribution in [0.5, 0.6) is 11.6 Å². The zero-order valence-electron chi connectivity index (χ0n) is 15.4. The molecule has 2 aromatic rings. The second kappa shape index (κ2) is 9.12. The zero-order valence-corrected chi connectivity index (χ0v) is 15.4. The highest BCUT2D eigenvalue weighted by atomic mass is 19.1. The van der Waals surface area contributed by atoms with E-state index in [1.807, 2.05) is 0 Å². The molecule has 3 rings (SSSR count). The molecular formula is C21H22FN3O3. The third kappa shape index (κ3) is 4.94. The number of para-hydroxylation sites is 1. The van der Waals surface area contributed by atoms with Crippen molar-refractivity contribution < 1.29 is 18.7 Å². The van der Waals surface area contributed by atoms with Gasteiger partial charge in [0.1, 0.15) is 0 Å². The number of aromatic nitrogens is 1. The van der Waals surface area contributed by atoms with Gasteiger partial charge in [-0.15, -0.1) is 0 Å². The van der Waals surface area contributed by atoms with Gasteiger partial charge in [0.2, 0.25) is 17.7 Å². The molecule has 1 saturated heterocycles. The molecule has 1 aromatic carbocycles. The summed E-state index contributed by atoms with van der Waals surface area (Å²) in [4.78, 5) is 29.8. The van der Waals surface area contributed by atoms with Gasteiger partial charge in [-0.05, 0) is 42.7 Å². The lowest BCUT2D eigenvalue weighted by atomic mass is 9.96. The molecule has 0 unspecified atom stereocenters. The first-order valence-corrected chi connectivity index (χ1v) is 9.13. The Kier molecular flexibility index (Phi) is 6.37. The van der Waals surface area contributed by atoms with Gasteiger partial charge < -0.3 is 15.0 Å². The molecule has 1 aliphatic rings. The fourth-order valence-electron chi connectivity index (χ4n) is 3.08. The lowest BCUT2D eigenvalue weighted by Gasteiger charge is -2.30. The Hall–Kier alpha value is -3.22. The maximum atomic E-state index is 13.7. The van der Waals surface area contributed by atoms with Gasteiger partial charge in [0.25, 0.3) is 0 Å². The lowest BCUT2D eigenvalue weighted by Crippen LogP contribution is -2.42. The van der Waals surface area contributed by atoms with E-state index >= 15 is 0 Å². The summed E-state index contributed by atoms with van der Waals surface area (Å²) in [5.41, 5.74) is 0.800. The summed E-state index contributed by atoms with van der Waals surface area (Å²) in [6.45, 7) is 4.91. The number of nitrogens with zero attached hydrogens (tertiary/aromatic N) is 2. The smallest absolute Gasteiger partial charge is 0.245 e. The SMILES string of the molecule is C=CC(=O)N1CCC(C(=O)NCc2ccnc(Oc3ccccc3F)c2)CC1. The van der Waals surface area contributed by atoms with E-state index in [-0.39, 0.29) is 29.4 Å². The minimum Gasteiger partial charge on any atom is -0.436 e. The number of piperidine rings is 1. The number of carbonyl (C=O) groups excluding carboxylic acids is 2. The molecular weight excluding hydrogens is 361 g/mol. The minimum absolute atomic E-state index is 0.0425. The number of carbonyl (C=O) groups is 2. The van der Waals surface area contributed by atoms with Gasteiger partial charge in [-0.3, -0.25) is 9.59 Å². The van der Waals surface area contributed by atoms with Crippen molar-refractivity contribution in [2.24, 2.45) is 5.92 Å². The molecule has 1 aromatic heterocycles. The molecule has 7 heteroatoms. The number of amides is 2. The topological polar surface area (TPSA) is 71.5 Å². The summed E-state index contributed by atoms with van der Waals surface area (Å²) in [5, 5.41) is 2.91. The second-order valence-corrected chi connectivity index (χ2v) is 6.56. The molecule has 2 amide bonds. The second-order valence-electron chi connectivity index (χ2n) is 6.56. The Morgan fingerprint density at radius 2 is 2.04 bits per heavy atom. The van der Waals surface area contributed by atoms with Crippen LogP contribution in [0.2, 0.25) is 0 Å². The van der Waals surface area contributed by atoms with E-state index in [0.717, 1.165) is 5.56 Å². The maximum absolute atomic E-state index is 13.7. The summed E-state index contributed by atoms with van der Waals surface area (Å²) in [5.74, 6) is -0.378. The first kappa shape index (κ1) is 19.5. The minimum atomic E-state index is -0.468. The maximum Gasteiger partial charge on any atom is 0.245 e. The van der Waals surface area contributed by atoms with E-state index in [2.05, 4.69) is 16.9 Å². The average molecular weight is 383 g/mol. The van der Waals surface area contributed by atoms with Crippen molar-refractivity contribution in [3.8, 4) is 11.6 Å². The van der Waals surface area contributed by atoms with Crippen molar-refractivity contribution in [1.29, 1.82) is 0 Å². The molecule has 0 bridgehead atoms. The van der Waals surface area contributed by atoms with Crippen molar-refractivity contribution in [1.82, 2.24) is 15.2 Å². The number of nitrogens with one attached hydrogen (secondary N) is 1. The number of benzene rings is 1. The Morgan fingerprint density at radius 3 is 2.75 bits per heavy atom. The number of hydrogen-bond donors (Lipinski definition) is 1. The number of hydrogen-bond acceptors (Lipinski definition) is 4. The summed E-state index contributed by atoms with van der Waals surface area (Å²) in [6, 6.07) is 9.52. The molecule has 146 valence electrons. The van der Waals surface area contributed by atoms with Crippen molar-refractivity contribution in [2.45, 2.75) is 19.4 Å². The van der Waals surface area contributed by atoms with Crippen LogP contribution in [0.15, 0.2) is 55.3 Å². The van der Waals surface area contributed by atoms with E-state index < -0.39 is 5.82 Å². The van der Waals surface area contributed by atoms with E-state index in [4.69, 9.17) is 4.74 Å². The fraction of sp³-hybridized carbons (Fsp3) is 0.286. The zero-order chi connectivity index (χ0) is 19.9. The predicted octanol–water partition coefficient (Wildman–Crippen LogP) is 3.05. The summed E-state index contributed by atoms with van der Waals surface area (Å²) in [7, 11) is 0. The summed E-state index contributed by atoms with van der Waals surface area (Å²) >= 11 is 0. The molecule has 0 saturated carbocycles. The summed E-state index contributed by atoms with van der Waals surface area (Å²) < 4.78 is 19.2. The molecule has 1 aliphatic heterocycles. The van der Waals surface area contributed by atoms with Crippen LogP contribution in [0.25, 0.3) is 0 Å². The third-order valence-electron chi connectivity index (χ3n) is 4.67. The van der Waals surface area contributed by atoms with Crippen molar-refractivity contribution in [2.75, 3.05) is 13.1 Å². The van der Waals surface area contributed by atoms with Gasteiger partial charge in [0.05, 0.1) is 0 Å². The number of halogens is 1. The van der Waals surface area contributed by atoms with E-state index in [1.165, 1.54) is 18.2 Å². The number of ether oxygens (including phenoxy) is 1. The van der Waals surface area contributed by atoms with Gasteiger partial charge in [-0.1, -0.05) is 18.7 Å². The van der Waals surface area contributed by atoms with Crippen LogP contribution in [0.4, 0.5) is 4.39 Å². The van der Waals surface area contributed by atoms with Crippen LogP contribution in [0.1, 0.15) is 18.4 Å². The highest BCUT2D eigenvalue weighted by Gasteiger charge is 2.26. The predicted molar refractivity (Wildman–Crippen MR) is 102 cm³/mol. The highest BCUT2D eigenvalue weighted by Crippen LogP contribution is 2.23. The van der Waals surface area contributed by atoms with Crippen LogP contribution in [-0.2, 0) is 16.1 Å². The molecule has 6 nitrogen and oxygen atoms in total. The largest absolute Gasteiger partial charge is 0.436 e. The Morgan fingerprint density at radius 1 is 1.29 bits per heavy atom. The Labute approximate surface area is 163 Å². The Balaban J connectivity index is 1.52. The fourth-order valence-corrected chi connectivity index (χ4v) is 3.08. The molecule has 0 spiro atoms. The summed E-state index contributed by atoms with van der Waals surface area (Å²) in [6.07, 6.45) is 4.11. The number of likely N-dealkylation sites (tertiary alicyclic amines) is 1. The van der Waals surface area contributed by atoms with E-state index in [1.54, 1.807) is 35.4 Å². The quantitative estimate of drug-likeness (QED) is 0.779. The van der Waals surface area contributed by atoms with Crippen LogP contribution in [0, 0.1) is 11.7 Å². The molecule has 28 heavy (non-hydrogen) atoms. The monoisotopic (exact) mass is 383 g/mol. The van der Waals surface area contributed by atoms with Crippen LogP contribution < -0.4 is 10.1 Å². The normalized spacial score (nSPS) is 14.4. The standard InChI is InChI=1S/C21H22FN3O3/c1-2-20(26)25-11-8-16(9-12-25)21(27)24-14-15-7-10-23-19(13-15)28-18-6-4-3-5-17(18)22/h2-7,10,13,16H,1,8-9,11-12,14H2,(H,24,27). The van der Waals surface area contributed by atoms with Crippen molar-refractivity contribution >= 4 is 11.8 Å². The van der Waals surface area contributed by atoms with Gasteiger partial charge in [0, 0.05) is 37.8 Å². The van der Waals surface area contributed by atoms with Crippen LogP contribution in [-0.4, -0.2) is 34.8 Å². The molecule has 2 heterocycles. The first-order valence-electron chi connectivity index (χ1n) is 9.13. The number of pyridine rings is 1. The van der Waals surface area contributed by atoms with Gasteiger partial charge in [-0.2, -0.15) is 0 Å². The molecule has 0 aliphatic carbocycles. The van der Waals surface area contributed by atoms with E-state index in [9.17, 15) is 14.0 Å². The number of rotatable bonds is 6. The van der Waals surface area contributed by atoms with Crippen LogP contribution >= 0.6 is 0 Å². The van der Waals surface area contributed by atoms with Gasteiger partial charge in [0.15, 0.2) is 11.6 Å². The molecule has 0 atom stereocenters. The van der Waals surface area contributed by atoms with Crippen molar-refractivity contribution in [3.05, 3.63) is 66.6 Å². The Bertz CT molecular complexity index is 863. The van der Waals surface area contributed by atoms with E-state index in [0.29, 0.717) is 32.5 Å². The average Bonchev–Trinajstić information content (AvgIpc) is 2.73. The van der Waals surface area contributed by atoms with Crippen molar-refractivity contribution in [3.63, 3.8) is 0 Å². The van der Waals surface area contributed by atoms with Gasteiger partial charge >= 0.3 is 0 Å². The molecule has 0 radical (unpaired) electrons. The molecule has 1 N–H and O–H groups in total. The lowest BCUT2D eigenvalue weighted by molar-refractivity contribution is -0.132. The molecule has 1 fully saturated rings. The highest BCUT2D eigenvalue weighted by molar-refractivity contribution is 5.87.